The summed E-state index contributed by atoms with van der Waals surface area (Å²) in [7, 11) is 0. The second-order valence-corrected chi connectivity index (χ2v) is 5.17. The minimum absolute atomic E-state index is 0.529. The second kappa shape index (κ2) is 4.89. The van der Waals surface area contributed by atoms with Gasteiger partial charge in [-0.15, -0.1) is 6.42 Å². The largest absolute Gasteiger partial charge is 0.378 e. The van der Waals surface area contributed by atoms with E-state index >= 15 is 0 Å². The Bertz CT molecular complexity index is 352. The van der Waals surface area contributed by atoms with E-state index in [1.54, 1.807) is 6.92 Å². The smallest absolute Gasteiger partial charge is 0.125 e. The highest BCUT2D eigenvalue weighted by Crippen LogP contribution is 2.34. The summed E-state index contributed by atoms with van der Waals surface area (Å²) in [5.41, 5.74) is 1.65. The maximum absolute atomic E-state index is 9.79. The van der Waals surface area contributed by atoms with Gasteiger partial charge in [-0.3, -0.25) is 0 Å². The van der Waals surface area contributed by atoms with Crippen molar-refractivity contribution in [2.24, 2.45) is 11.8 Å². The van der Waals surface area contributed by atoms with Crippen molar-refractivity contribution in [2.45, 2.75) is 46.1 Å². The highest BCUT2D eigenvalue weighted by Gasteiger charge is 2.22. The van der Waals surface area contributed by atoms with Crippen molar-refractivity contribution in [3.05, 3.63) is 23.3 Å². The average molecular weight is 218 g/mol. The number of terminal acetylenes is 1. The van der Waals surface area contributed by atoms with Crippen molar-refractivity contribution in [1.29, 1.82) is 0 Å². The van der Waals surface area contributed by atoms with Gasteiger partial charge in [0, 0.05) is 6.42 Å². The molecule has 1 heteroatoms. The molecule has 0 aromatic heterocycles. The van der Waals surface area contributed by atoms with Crippen LogP contribution in [-0.2, 0) is 0 Å². The van der Waals surface area contributed by atoms with E-state index < -0.39 is 5.60 Å². The zero-order chi connectivity index (χ0) is 12.3. The third-order valence-corrected chi connectivity index (χ3v) is 3.63. The first-order valence-corrected chi connectivity index (χ1v) is 5.94. The van der Waals surface area contributed by atoms with Gasteiger partial charge in [-0.1, -0.05) is 37.5 Å². The molecule has 0 amide bonds. The number of hydrogen-bond acceptors (Lipinski definition) is 1. The molecule has 0 unspecified atom stereocenters. The minimum Gasteiger partial charge on any atom is -0.378 e. The number of rotatable bonds is 2. The fourth-order valence-electron chi connectivity index (χ4n) is 2.06. The molecule has 0 radical (unpaired) electrons. The summed E-state index contributed by atoms with van der Waals surface area (Å²) in [6.45, 7) is 8.33. The van der Waals surface area contributed by atoms with Crippen LogP contribution < -0.4 is 0 Å². The molecule has 0 spiro atoms. The third-order valence-electron chi connectivity index (χ3n) is 3.63. The molecule has 88 valence electrons. The van der Waals surface area contributed by atoms with Gasteiger partial charge >= 0.3 is 0 Å². The Labute approximate surface area is 99.3 Å². The summed E-state index contributed by atoms with van der Waals surface area (Å²) in [6.07, 6.45) is 11.3. The van der Waals surface area contributed by atoms with Crippen LogP contribution in [0.1, 0.15) is 40.5 Å². The maximum Gasteiger partial charge on any atom is 0.125 e. The van der Waals surface area contributed by atoms with Gasteiger partial charge in [0.1, 0.15) is 5.60 Å². The first kappa shape index (κ1) is 13.1. The van der Waals surface area contributed by atoms with E-state index in [-0.39, 0.29) is 0 Å². The molecule has 1 N–H and O–H groups in total. The van der Waals surface area contributed by atoms with Gasteiger partial charge in [0.2, 0.25) is 0 Å². The van der Waals surface area contributed by atoms with Crippen molar-refractivity contribution < 1.29 is 5.11 Å². The predicted octanol–water partition coefficient (Wildman–Crippen LogP) is 3.31. The lowest BCUT2D eigenvalue weighted by Crippen LogP contribution is -2.21. The molecule has 0 saturated heterocycles. The summed E-state index contributed by atoms with van der Waals surface area (Å²) in [5, 5.41) is 9.79. The van der Waals surface area contributed by atoms with E-state index in [0.717, 1.165) is 6.42 Å². The molecule has 0 saturated carbocycles. The SMILES string of the molecule is C#C[C@](C)(O)C/C=C1/C(C)=CC[C@H](C)[C@H]1C. The minimum atomic E-state index is -1.02. The van der Waals surface area contributed by atoms with Gasteiger partial charge in [0.15, 0.2) is 0 Å². The molecule has 0 bridgehead atoms. The van der Waals surface area contributed by atoms with Crippen LogP contribution in [0.4, 0.5) is 0 Å². The van der Waals surface area contributed by atoms with E-state index in [0.29, 0.717) is 18.3 Å². The zero-order valence-electron chi connectivity index (χ0n) is 10.7. The second-order valence-electron chi connectivity index (χ2n) is 5.17. The van der Waals surface area contributed by atoms with Gasteiger partial charge < -0.3 is 5.11 Å². The molecular formula is C15H22O. The summed E-state index contributed by atoms with van der Waals surface area (Å²) in [5.74, 6) is 3.64. The molecule has 0 fully saturated rings. The molecule has 0 aromatic rings. The molecule has 3 atom stereocenters. The van der Waals surface area contributed by atoms with Gasteiger partial charge in [0.25, 0.3) is 0 Å². The van der Waals surface area contributed by atoms with Crippen molar-refractivity contribution >= 4 is 0 Å². The van der Waals surface area contributed by atoms with E-state index in [1.807, 2.05) is 0 Å². The Kier molecular flexibility index (Phi) is 3.99. The standard InChI is InChI=1S/C15H22O/c1-6-15(5,16)10-9-14-12(3)8-7-11(2)13(14)4/h1,8-9,11,13,16H,7,10H2,2-5H3/b14-9-/t11-,13+,15-/m0/s1. The molecule has 1 nitrogen and oxygen atoms in total. The number of hydrogen-bond donors (Lipinski definition) is 1. The molecule has 1 rings (SSSR count). The first-order valence-electron chi connectivity index (χ1n) is 5.94. The van der Waals surface area contributed by atoms with Crippen LogP contribution in [-0.4, -0.2) is 10.7 Å². The number of allylic oxidation sites excluding steroid dienone is 3. The Hall–Kier alpha value is -1.00. The van der Waals surface area contributed by atoms with Crippen molar-refractivity contribution in [2.75, 3.05) is 0 Å². The Morgan fingerprint density at radius 3 is 2.81 bits per heavy atom. The van der Waals surface area contributed by atoms with E-state index in [9.17, 15) is 5.11 Å². The van der Waals surface area contributed by atoms with Gasteiger partial charge in [-0.2, -0.15) is 0 Å². The van der Waals surface area contributed by atoms with Crippen LogP contribution in [0, 0.1) is 24.2 Å². The van der Waals surface area contributed by atoms with Crippen molar-refractivity contribution in [3.8, 4) is 12.3 Å². The average Bonchev–Trinajstić information content (AvgIpc) is 2.24. The predicted molar refractivity (Wildman–Crippen MR) is 68.9 cm³/mol. The van der Waals surface area contributed by atoms with Crippen LogP contribution in [0.25, 0.3) is 0 Å². The monoisotopic (exact) mass is 218 g/mol. The molecule has 1 aliphatic carbocycles. The summed E-state index contributed by atoms with van der Waals surface area (Å²) >= 11 is 0. The van der Waals surface area contributed by atoms with Gasteiger partial charge in [-0.05, 0) is 37.7 Å². The topological polar surface area (TPSA) is 20.2 Å². The maximum atomic E-state index is 9.79. The Morgan fingerprint density at radius 2 is 2.25 bits per heavy atom. The molecular weight excluding hydrogens is 196 g/mol. The summed E-state index contributed by atoms with van der Waals surface area (Å²) in [4.78, 5) is 0. The lowest BCUT2D eigenvalue weighted by molar-refractivity contribution is 0.125. The van der Waals surface area contributed by atoms with Crippen LogP contribution in [0.5, 0.6) is 0 Å². The van der Waals surface area contributed by atoms with E-state index in [1.165, 1.54) is 11.1 Å². The molecule has 1 aliphatic rings. The molecule has 16 heavy (non-hydrogen) atoms. The van der Waals surface area contributed by atoms with Crippen LogP contribution in [0.2, 0.25) is 0 Å². The van der Waals surface area contributed by atoms with Crippen molar-refractivity contribution in [3.63, 3.8) is 0 Å². The normalized spacial score (nSPS) is 31.8. The van der Waals surface area contributed by atoms with Crippen LogP contribution >= 0.6 is 0 Å². The Balaban J connectivity index is 2.86. The van der Waals surface area contributed by atoms with Gasteiger partial charge in [0.05, 0.1) is 0 Å². The molecule has 0 heterocycles. The quantitative estimate of drug-likeness (QED) is 0.705. The van der Waals surface area contributed by atoms with Crippen LogP contribution in [0.3, 0.4) is 0 Å². The van der Waals surface area contributed by atoms with E-state index in [4.69, 9.17) is 6.42 Å². The van der Waals surface area contributed by atoms with Crippen LogP contribution in [0.15, 0.2) is 23.3 Å². The fourth-order valence-corrected chi connectivity index (χ4v) is 2.06. The fraction of sp³-hybridized carbons (Fsp3) is 0.600. The highest BCUT2D eigenvalue weighted by molar-refractivity contribution is 5.34. The zero-order valence-corrected chi connectivity index (χ0v) is 10.7. The highest BCUT2D eigenvalue weighted by atomic mass is 16.3. The summed E-state index contributed by atoms with van der Waals surface area (Å²) in [6, 6.07) is 0. The van der Waals surface area contributed by atoms with Gasteiger partial charge in [-0.25, -0.2) is 0 Å². The third kappa shape index (κ3) is 3.00. The Morgan fingerprint density at radius 1 is 1.62 bits per heavy atom. The van der Waals surface area contributed by atoms with E-state index in [2.05, 4.69) is 38.8 Å². The number of aliphatic hydroxyl groups is 1. The first-order chi connectivity index (χ1) is 7.37. The molecule has 0 aliphatic heterocycles. The lowest BCUT2D eigenvalue weighted by Gasteiger charge is -2.28. The van der Waals surface area contributed by atoms with Crippen molar-refractivity contribution in [1.82, 2.24) is 0 Å². The lowest BCUT2D eigenvalue weighted by atomic mass is 9.77. The molecule has 0 aromatic carbocycles. The summed E-state index contributed by atoms with van der Waals surface area (Å²) < 4.78 is 0.